The minimum absolute atomic E-state index is 0.0483. The van der Waals surface area contributed by atoms with Gasteiger partial charge in [0.1, 0.15) is 18.1 Å². The third-order valence-electron chi connectivity index (χ3n) is 7.14. The topological polar surface area (TPSA) is 48.0 Å². The van der Waals surface area contributed by atoms with Crippen LogP contribution >= 0.6 is 0 Å². The van der Waals surface area contributed by atoms with Gasteiger partial charge in [0, 0.05) is 30.8 Å². The van der Waals surface area contributed by atoms with Crippen LogP contribution in [0.3, 0.4) is 0 Å². The maximum atomic E-state index is 14.0. The molecule has 198 valence electrons. The van der Waals surface area contributed by atoms with E-state index < -0.39 is 0 Å². The molecule has 0 spiro atoms. The third kappa shape index (κ3) is 6.35. The Labute approximate surface area is 226 Å². The van der Waals surface area contributed by atoms with Crippen molar-refractivity contribution >= 4 is 16.9 Å². The van der Waals surface area contributed by atoms with Crippen LogP contribution in [0.4, 0.5) is 0 Å². The van der Waals surface area contributed by atoms with E-state index in [0.29, 0.717) is 24.7 Å². The first-order valence-electron chi connectivity index (χ1n) is 13.7. The predicted octanol–water partition coefficient (Wildman–Crippen LogP) is 6.17. The summed E-state index contributed by atoms with van der Waals surface area (Å²) in [5.74, 6) is 2.16. The van der Waals surface area contributed by atoms with Crippen molar-refractivity contribution in [3.63, 3.8) is 0 Å². The highest BCUT2D eigenvalue weighted by Crippen LogP contribution is 2.39. The normalized spacial score (nSPS) is 15.9. The van der Waals surface area contributed by atoms with Crippen molar-refractivity contribution in [2.45, 2.75) is 26.7 Å². The fourth-order valence-electron chi connectivity index (χ4n) is 5.06. The summed E-state index contributed by atoms with van der Waals surface area (Å²) in [5.41, 5.74) is 5.89. The van der Waals surface area contributed by atoms with Gasteiger partial charge in [-0.05, 0) is 77.4 Å². The maximum Gasteiger partial charge on any atom is 0.193 e. The van der Waals surface area contributed by atoms with Crippen molar-refractivity contribution in [1.29, 1.82) is 0 Å². The number of hydrogen-bond donors (Lipinski definition) is 0. The van der Waals surface area contributed by atoms with Crippen LogP contribution in [0.1, 0.15) is 47.3 Å². The summed E-state index contributed by atoms with van der Waals surface area (Å²) in [6, 6.07) is 24.0. The highest BCUT2D eigenvalue weighted by molar-refractivity contribution is 6.35. The van der Waals surface area contributed by atoms with Crippen molar-refractivity contribution in [1.82, 2.24) is 4.90 Å². The molecule has 2 aliphatic rings. The second kappa shape index (κ2) is 12.4. The van der Waals surface area contributed by atoms with Crippen molar-refractivity contribution in [3.05, 3.63) is 95.1 Å². The molecule has 1 heterocycles. The number of benzene rings is 3. The van der Waals surface area contributed by atoms with E-state index in [0.717, 1.165) is 79.5 Å². The largest absolute Gasteiger partial charge is 0.493 e. The lowest BCUT2D eigenvalue weighted by Crippen LogP contribution is -2.38. The van der Waals surface area contributed by atoms with Crippen LogP contribution in [0.2, 0.25) is 0 Å². The first-order valence-corrected chi connectivity index (χ1v) is 13.7. The van der Waals surface area contributed by atoms with E-state index in [2.05, 4.69) is 49.1 Å². The molecule has 0 aromatic heterocycles. The van der Waals surface area contributed by atoms with Crippen LogP contribution in [-0.4, -0.2) is 56.7 Å². The first kappa shape index (κ1) is 26.2. The molecule has 0 saturated carbocycles. The molecule has 0 radical (unpaired) electrons. The minimum atomic E-state index is 0.0483. The molecule has 0 bridgehead atoms. The van der Waals surface area contributed by atoms with Crippen LogP contribution in [0, 0.1) is 5.92 Å². The smallest absolute Gasteiger partial charge is 0.193 e. The molecule has 3 aromatic rings. The number of allylic oxidation sites excluding steroid dienone is 2. The van der Waals surface area contributed by atoms with Gasteiger partial charge < -0.3 is 14.2 Å². The molecule has 5 nitrogen and oxygen atoms in total. The van der Waals surface area contributed by atoms with E-state index in [1.165, 1.54) is 5.56 Å². The van der Waals surface area contributed by atoms with Crippen LogP contribution < -0.4 is 9.47 Å². The average molecular weight is 512 g/mol. The molecule has 0 N–H and O–H groups in total. The zero-order chi connectivity index (χ0) is 26.3. The van der Waals surface area contributed by atoms with Gasteiger partial charge in [0.15, 0.2) is 5.78 Å². The molecular weight excluding hydrogens is 474 g/mol. The molecule has 1 aliphatic heterocycles. The Kier molecular flexibility index (Phi) is 8.57. The number of ketones is 1. The Bertz CT molecular complexity index is 1250. The van der Waals surface area contributed by atoms with E-state index in [-0.39, 0.29) is 5.78 Å². The van der Waals surface area contributed by atoms with Crippen LogP contribution in [0.5, 0.6) is 11.5 Å². The molecule has 0 unspecified atom stereocenters. The van der Waals surface area contributed by atoms with Gasteiger partial charge in [0.05, 0.1) is 19.8 Å². The molecule has 3 aromatic carbocycles. The monoisotopic (exact) mass is 511 g/mol. The fraction of sp³-hybridized carbons (Fsp3) is 0.364. The van der Waals surface area contributed by atoms with E-state index in [4.69, 9.17) is 14.2 Å². The number of carbonyl (C=O) groups excluding carboxylic acids is 1. The number of morpholine rings is 1. The molecule has 1 fully saturated rings. The summed E-state index contributed by atoms with van der Waals surface area (Å²) in [5, 5.41) is 0. The van der Waals surface area contributed by atoms with Crippen LogP contribution in [-0.2, 0) is 11.2 Å². The van der Waals surface area contributed by atoms with Crippen molar-refractivity contribution in [2.24, 2.45) is 5.92 Å². The Morgan fingerprint density at radius 3 is 2.29 bits per heavy atom. The summed E-state index contributed by atoms with van der Waals surface area (Å²) < 4.78 is 17.3. The quantitative estimate of drug-likeness (QED) is 0.305. The third-order valence-corrected chi connectivity index (χ3v) is 7.14. The van der Waals surface area contributed by atoms with Gasteiger partial charge in [0.2, 0.25) is 0 Å². The first-order chi connectivity index (χ1) is 18.6. The molecule has 0 atom stereocenters. The molecule has 5 rings (SSSR count). The minimum Gasteiger partial charge on any atom is -0.493 e. The standard InChI is InChI=1S/C33H37NO4/c1-24(2)23-38-29-12-7-26(8-13-29)31-16-11-25-5-3-4-6-30(25)32(31)33(35)27-9-14-28(15-10-27)37-22-19-34-17-20-36-21-18-34/h3-10,12-15,24H,11,16-23H2,1-2H3. The number of ether oxygens (including phenoxy) is 3. The molecule has 0 amide bonds. The molecule has 38 heavy (non-hydrogen) atoms. The van der Waals surface area contributed by atoms with Crippen LogP contribution in [0.15, 0.2) is 72.8 Å². The molecule has 1 saturated heterocycles. The predicted molar refractivity (Wildman–Crippen MR) is 152 cm³/mol. The lowest BCUT2D eigenvalue weighted by Gasteiger charge is -2.26. The lowest BCUT2D eigenvalue weighted by molar-refractivity contribution is 0.0322. The highest BCUT2D eigenvalue weighted by Gasteiger charge is 2.26. The Morgan fingerprint density at radius 2 is 1.55 bits per heavy atom. The number of nitrogens with zero attached hydrogens (tertiary/aromatic N) is 1. The molecule has 5 heteroatoms. The van der Waals surface area contributed by atoms with Crippen LogP contribution in [0.25, 0.3) is 11.1 Å². The van der Waals surface area contributed by atoms with E-state index in [9.17, 15) is 4.79 Å². The average Bonchev–Trinajstić information content (AvgIpc) is 2.96. The SMILES string of the molecule is CC(C)COc1ccc(C2=C(C(=O)c3ccc(OCCN4CCOCC4)cc3)c3ccccc3CC2)cc1. The number of fused-ring (bicyclic) bond motifs is 1. The summed E-state index contributed by atoms with van der Waals surface area (Å²) in [6.45, 7) is 9.92. The summed E-state index contributed by atoms with van der Waals surface area (Å²) in [6.07, 6.45) is 1.75. The highest BCUT2D eigenvalue weighted by atomic mass is 16.5. The van der Waals surface area contributed by atoms with Crippen molar-refractivity contribution in [3.8, 4) is 11.5 Å². The zero-order valence-electron chi connectivity index (χ0n) is 22.4. The van der Waals surface area contributed by atoms with Gasteiger partial charge in [0.25, 0.3) is 0 Å². The van der Waals surface area contributed by atoms with E-state index in [1.54, 1.807) is 0 Å². The number of rotatable bonds is 10. The zero-order valence-corrected chi connectivity index (χ0v) is 22.4. The lowest BCUT2D eigenvalue weighted by atomic mass is 9.79. The maximum absolute atomic E-state index is 14.0. The Morgan fingerprint density at radius 1 is 0.868 bits per heavy atom. The van der Waals surface area contributed by atoms with E-state index >= 15 is 0 Å². The van der Waals surface area contributed by atoms with Crippen molar-refractivity contribution in [2.75, 3.05) is 46.1 Å². The Hall–Kier alpha value is -3.41. The fourth-order valence-corrected chi connectivity index (χ4v) is 5.06. The van der Waals surface area contributed by atoms with Gasteiger partial charge in [-0.25, -0.2) is 0 Å². The Balaban J connectivity index is 1.36. The van der Waals surface area contributed by atoms with Gasteiger partial charge in [-0.1, -0.05) is 50.2 Å². The number of aryl methyl sites for hydroxylation is 1. The summed E-state index contributed by atoms with van der Waals surface area (Å²) in [4.78, 5) is 16.3. The molecular formula is C33H37NO4. The van der Waals surface area contributed by atoms with Gasteiger partial charge in [-0.2, -0.15) is 0 Å². The second-order valence-electron chi connectivity index (χ2n) is 10.4. The summed E-state index contributed by atoms with van der Waals surface area (Å²) in [7, 11) is 0. The summed E-state index contributed by atoms with van der Waals surface area (Å²) >= 11 is 0. The number of hydrogen-bond acceptors (Lipinski definition) is 5. The van der Waals surface area contributed by atoms with Gasteiger partial charge in [-0.15, -0.1) is 0 Å². The number of Topliss-reactive ketones (excluding diaryl/α,β-unsaturated/α-hetero) is 1. The van der Waals surface area contributed by atoms with Crippen molar-refractivity contribution < 1.29 is 19.0 Å². The van der Waals surface area contributed by atoms with Gasteiger partial charge in [-0.3, -0.25) is 9.69 Å². The second-order valence-corrected chi connectivity index (χ2v) is 10.4. The molecule has 1 aliphatic carbocycles. The van der Waals surface area contributed by atoms with E-state index in [1.807, 2.05) is 42.5 Å². The van der Waals surface area contributed by atoms with Gasteiger partial charge >= 0.3 is 0 Å². The number of carbonyl (C=O) groups is 1.